The minimum atomic E-state index is -0.817. The molecule has 2 aromatic carbocycles. The van der Waals surface area contributed by atoms with E-state index in [1.807, 2.05) is 48.5 Å². The van der Waals surface area contributed by atoms with Crippen molar-refractivity contribution in [1.82, 2.24) is 5.32 Å². The predicted octanol–water partition coefficient (Wildman–Crippen LogP) is 2.59. The molecule has 0 aromatic heterocycles. The molecule has 0 spiro atoms. The Morgan fingerprint density at radius 1 is 1.21 bits per heavy atom. The number of esters is 1. The molecule has 124 valence electrons. The van der Waals surface area contributed by atoms with Gasteiger partial charge in [-0.25, -0.2) is 4.79 Å². The van der Waals surface area contributed by atoms with Crippen LogP contribution in [0, 0.1) is 17.2 Å². The summed E-state index contributed by atoms with van der Waals surface area (Å²) in [5.41, 5.74) is 0.864. The van der Waals surface area contributed by atoms with Gasteiger partial charge < -0.3 is 10.1 Å². The number of rotatable bonds is 6. The minimum Gasteiger partial charge on any atom is -0.467 e. The third kappa shape index (κ3) is 4.32. The Hall–Kier alpha value is -2.87. The number of hydrogen-bond acceptors (Lipinski definition) is 4. The highest BCUT2D eigenvalue weighted by Crippen LogP contribution is 2.16. The van der Waals surface area contributed by atoms with Crippen LogP contribution in [0.3, 0.4) is 0 Å². The van der Waals surface area contributed by atoms with Crippen molar-refractivity contribution >= 4 is 22.6 Å². The number of methoxy groups -OCH3 is 1. The zero-order valence-corrected chi connectivity index (χ0v) is 13.8. The van der Waals surface area contributed by atoms with Crippen molar-refractivity contribution in [2.75, 3.05) is 7.11 Å². The molecule has 0 bridgehead atoms. The van der Waals surface area contributed by atoms with E-state index in [0.29, 0.717) is 0 Å². The second-order valence-corrected chi connectivity index (χ2v) is 5.77. The molecule has 0 saturated heterocycles. The van der Waals surface area contributed by atoms with Gasteiger partial charge in [-0.15, -0.1) is 0 Å². The van der Waals surface area contributed by atoms with E-state index < -0.39 is 12.0 Å². The van der Waals surface area contributed by atoms with Crippen LogP contribution in [-0.4, -0.2) is 25.0 Å². The molecule has 1 N–H and O–H groups in total. The smallest absolute Gasteiger partial charge is 0.328 e. The Balaban J connectivity index is 2.08. The Morgan fingerprint density at radius 2 is 1.92 bits per heavy atom. The maximum atomic E-state index is 12.3. The molecule has 24 heavy (non-hydrogen) atoms. The maximum Gasteiger partial charge on any atom is 0.328 e. The molecule has 5 heteroatoms. The summed E-state index contributed by atoms with van der Waals surface area (Å²) in [5, 5.41) is 13.6. The molecular formula is C19H20N2O3. The molecule has 0 unspecified atom stereocenters. The van der Waals surface area contributed by atoms with Gasteiger partial charge in [0.2, 0.25) is 5.91 Å². The summed E-state index contributed by atoms with van der Waals surface area (Å²) in [6.07, 6.45) is 0.327. The zero-order chi connectivity index (χ0) is 17.5. The number of nitriles is 1. The van der Waals surface area contributed by atoms with Gasteiger partial charge in [-0.1, -0.05) is 49.4 Å². The van der Waals surface area contributed by atoms with Crippen LogP contribution in [0.4, 0.5) is 0 Å². The number of hydrogen-bond donors (Lipinski definition) is 1. The summed E-state index contributed by atoms with van der Waals surface area (Å²) >= 11 is 0. The number of benzene rings is 2. The molecule has 0 aliphatic heterocycles. The first-order valence-electron chi connectivity index (χ1n) is 7.77. The summed E-state index contributed by atoms with van der Waals surface area (Å²) in [6.45, 7) is 1.74. The lowest BCUT2D eigenvalue weighted by Crippen LogP contribution is -2.46. The van der Waals surface area contributed by atoms with Gasteiger partial charge in [0.05, 0.1) is 19.6 Å². The van der Waals surface area contributed by atoms with E-state index in [-0.39, 0.29) is 24.7 Å². The van der Waals surface area contributed by atoms with Crippen molar-refractivity contribution in [3.8, 4) is 6.07 Å². The third-order valence-electron chi connectivity index (χ3n) is 3.93. The molecule has 2 atom stereocenters. The van der Waals surface area contributed by atoms with Crippen LogP contribution in [0.25, 0.3) is 10.8 Å². The van der Waals surface area contributed by atoms with Crippen molar-refractivity contribution in [1.29, 1.82) is 5.26 Å². The number of amides is 1. The Morgan fingerprint density at radius 3 is 2.58 bits per heavy atom. The molecule has 0 heterocycles. The molecule has 0 aliphatic carbocycles. The first-order chi connectivity index (χ1) is 11.5. The average molecular weight is 324 g/mol. The van der Waals surface area contributed by atoms with E-state index >= 15 is 0 Å². The fourth-order valence-electron chi connectivity index (χ4n) is 2.58. The van der Waals surface area contributed by atoms with Crippen LogP contribution in [0.2, 0.25) is 0 Å². The number of ether oxygens (including phenoxy) is 1. The van der Waals surface area contributed by atoms with Crippen molar-refractivity contribution in [3.05, 3.63) is 48.0 Å². The second kappa shape index (κ2) is 8.11. The second-order valence-electron chi connectivity index (χ2n) is 5.77. The highest BCUT2D eigenvalue weighted by atomic mass is 16.5. The number of nitrogens with zero attached hydrogens (tertiary/aromatic N) is 1. The molecule has 5 nitrogen and oxygen atoms in total. The van der Waals surface area contributed by atoms with Crippen LogP contribution in [0.15, 0.2) is 42.5 Å². The lowest BCUT2D eigenvalue weighted by atomic mass is 9.98. The van der Waals surface area contributed by atoms with Crippen LogP contribution in [0.5, 0.6) is 0 Å². The maximum absolute atomic E-state index is 12.3. The lowest BCUT2D eigenvalue weighted by Gasteiger charge is -2.21. The van der Waals surface area contributed by atoms with Gasteiger partial charge in [-0.3, -0.25) is 4.79 Å². The predicted molar refractivity (Wildman–Crippen MR) is 91.0 cm³/mol. The molecule has 1 amide bonds. The molecule has 2 aromatic rings. The van der Waals surface area contributed by atoms with Crippen LogP contribution >= 0.6 is 0 Å². The fourth-order valence-corrected chi connectivity index (χ4v) is 2.58. The SMILES string of the molecule is COC(=O)[C@@H](NC(=O)Cc1ccc2ccccc2c1)[C@H](C)CC#N. The monoisotopic (exact) mass is 324 g/mol. The third-order valence-corrected chi connectivity index (χ3v) is 3.93. The summed E-state index contributed by atoms with van der Waals surface area (Å²) < 4.78 is 4.73. The van der Waals surface area contributed by atoms with E-state index in [0.717, 1.165) is 16.3 Å². The average Bonchev–Trinajstić information content (AvgIpc) is 2.59. The van der Waals surface area contributed by atoms with Gasteiger partial charge in [-0.05, 0) is 16.3 Å². The molecule has 0 fully saturated rings. The van der Waals surface area contributed by atoms with E-state index in [1.54, 1.807) is 6.92 Å². The van der Waals surface area contributed by atoms with Crippen LogP contribution in [-0.2, 0) is 20.7 Å². The summed E-state index contributed by atoms with van der Waals surface area (Å²) in [6, 6.07) is 14.9. The van der Waals surface area contributed by atoms with Gasteiger partial charge in [0.25, 0.3) is 0 Å². The van der Waals surface area contributed by atoms with Gasteiger partial charge in [0, 0.05) is 12.3 Å². The highest BCUT2D eigenvalue weighted by molar-refractivity contribution is 5.88. The van der Waals surface area contributed by atoms with E-state index in [4.69, 9.17) is 10.00 Å². The first-order valence-corrected chi connectivity index (χ1v) is 7.77. The zero-order valence-electron chi connectivity index (χ0n) is 13.8. The Bertz CT molecular complexity index is 780. The van der Waals surface area contributed by atoms with E-state index in [2.05, 4.69) is 5.32 Å². The Labute approximate surface area is 141 Å². The molecule has 0 saturated carbocycles. The van der Waals surface area contributed by atoms with E-state index in [1.165, 1.54) is 7.11 Å². The fraction of sp³-hybridized carbons (Fsp3) is 0.316. The molecule has 2 rings (SSSR count). The standard InChI is InChI=1S/C19H20N2O3/c1-13(9-10-20)18(19(23)24-2)21-17(22)12-14-7-8-15-5-3-4-6-16(15)11-14/h3-8,11,13,18H,9,12H2,1-2H3,(H,21,22)/t13-,18+/m1/s1. The lowest BCUT2D eigenvalue weighted by molar-refractivity contribution is -0.146. The number of carbonyl (C=O) groups excluding carboxylic acids is 2. The van der Waals surface area contributed by atoms with Gasteiger partial charge in [-0.2, -0.15) is 5.26 Å². The first kappa shape index (κ1) is 17.5. The van der Waals surface area contributed by atoms with Gasteiger partial charge in [0.1, 0.15) is 6.04 Å². The quantitative estimate of drug-likeness (QED) is 0.828. The van der Waals surface area contributed by atoms with Crippen LogP contribution < -0.4 is 5.32 Å². The summed E-state index contributed by atoms with van der Waals surface area (Å²) in [4.78, 5) is 24.1. The largest absolute Gasteiger partial charge is 0.467 e. The van der Waals surface area contributed by atoms with Crippen molar-refractivity contribution in [2.45, 2.75) is 25.8 Å². The molecule has 0 radical (unpaired) electrons. The van der Waals surface area contributed by atoms with Crippen molar-refractivity contribution < 1.29 is 14.3 Å². The molecular weight excluding hydrogens is 304 g/mol. The molecule has 0 aliphatic rings. The van der Waals surface area contributed by atoms with Crippen molar-refractivity contribution in [2.24, 2.45) is 5.92 Å². The number of fused-ring (bicyclic) bond motifs is 1. The van der Waals surface area contributed by atoms with Crippen LogP contribution in [0.1, 0.15) is 18.9 Å². The number of nitrogens with one attached hydrogen (secondary N) is 1. The van der Waals surface area contributed by atoms with E-state index in [9.17, 15) is 9.59 Å². The minimum absolute atomic E-state index is 0.163. The normalized spacial score (nSPS) is 12.9. The topological polar surface area (TPSA) is 79.2 Å². The summed E-state index contributed by atoms with van der Waals surface area (Å²) in [7, 11) is 1.27. The van der Waals surface area contributed by atoms with Gasteiger partial charge >= 0.3 is 5.97 Å². The van der Waals surface area contributed by atoms with Crippen molar-refractivity contribution in [3.63, 3.8) is 0 Å². The van der Waals surface area contributed by atoms with Gasteiger partial charge in [0.15, 0.2) is 0 Å². The summed E-state index contributed by atoms with van der Waals surface area (Å²) in [5.74, 6) is -1.13. The Kier molecular flexibility index (Phi) is 5.91. The highest BCUT2D eigenvalue weighted by Gasteiger charge is 2.27. The number of carbonyl (C=O) groups is 2.